The van der Waals surface area contributed by atoms with Gasteiger partial charge in [-0.3, -0.25) is 0 Å². The van der Waals surface area contributed by atoms with Crippen LogP contribution in [0.5, 0.6) is 0 Å². The van der Waals surface area contributed by atoms with E-state index in [9.17, 15) is 0 Å². The second kappa shape index (κ2) is 8.52. The lowest BCUT2D eigenvalue weighted by atomic mass is 9.91. The number of hydrogen-bond acceptors (Lipinski definition) is 3. The molecule has 21 heavy (non-hydrogen) atoms. The quantitative estimate of drug-likeness (QED) is 0.835. The molecule has 3 heteroatoms. The monoisotopic (exact) mass is 290 g/mol. The summed E-state index contributed by atoms with van der Waals surface area (Å²) >= 11 is 0. The Morgan fingerprint density at radius 2 is 2.10 bits per heavy atom. The summed E-state index contributed by atoms with van der Waals surface area (Å²) in [6.45, 7) is 9.26. The fraction of sp³-hybridized carbons (Fsp3) is 0.667. The smallest absolute Gasteiger partial charge is 0.0719 e. The molecule has 1 saturated heterocycles. The molecule has 1 aromatic rings. The summed E-state index contributed by atoms with van der Waals surface area (Å²) in [5.41, 5.74) is 2.67. The molecule has 0 radical (unpaired) electrons. The van der Waals surface area contributed by atoms with Crippen molar-refractivity contribution in [3.8, 4) is 0 Å². The summed E-state index contributed by atoms with van der Waals surface area (Å²) in [6.07, 6.45) is 2.67. The molecular formula is C18H30N2O. The van der Waals surface area contributed by atoms with Crippen molar-refractivity contribution in [2.24, 2.45) is 5.92 Å². The maximum Gasteiger partial charge on any atom is 0.0719 e. The fourth-order valence-electron chi connectivity index (χ4n) is 3.13. The highest BCUT2D eigenvalue weighted by molar-refractivity contribution is 5.26. The van der Waals surface area contributed by atoms with Crippen molar-refractivity contribution in [2.45, 2.75) is 45.9 Å². The van der Waals surface area contributed by atoms with E-state index in [0.29, 0.717) is 6.04 Å². The lowest BCUT2D eigenvalue weighted by Crippen LogP contribution is -2.42. The van der Waals surface area contributed by atoms with Crippen molar-refractivity contribution in [3.63, 3.8) is 0 Å². The number of likely N-dealkylation sites (tertiary alicyclic amines) is 1. The molecule has 1 aliphatic rings. The third kappa shape index (κ3) is 5.10. The summed E-state index contributed by atoms with van der Waals surface area (Å²) in [5, 5.41) is 3.72. The van der Waals surface area contributed by atoms with Crippen LogP contribution in [0.25, 0.3) is 0 Å². The minimum Gasteiger partial charge on any atom is -0.377 e. The summed E-state index contributed by atoms with van der Waals surface area (Å²) in [7, 11) is 2.23. The predicted molar refractivity (Wildman–Crippen MR) is 88.3 cm³/mol. The zero-order chi connectivity index (χ0) is 15.1. The third-order valence-electron chi connectivity index (χ3n) is 4.56. The van der Waals surface area contributed by atoms with Gasteiger partial charge < -0.3 is 15.0 Å². The van der Waals surface area contributed by atoms with Crippen molar-refractivity contribution in [3.05, 3.63) is 35.4 Å². The first kappa shape index (κ1) is 16.5. The van der Waals surface area contributed by atoms with Gasteiger partial charge in [-0.25, -0.2) is 0 Å². The third-order valence-corrected chi connectivity index (χ3v) is 4.56. The first-order valence-electron chi connectivity index (χ1n) is 8.27. The van der Waals surface area contributed by atoms with Crippen molar-refractivity contribution in [1.29, 1.82) is 0 Å². The Kier molecular flexibility index (Phi) is 6.68. The van der Waals surface area contributed by atoms with Gasteiger partial charge in [-0.1, -0.05) is 24.3 Å². The first-order chi connectivity index (χ1) is 10.2. The second-order valence-corrected chi connectivity index (χ2v) is 6.24. The van der Waals surface area contributed by atoms with Crippen LogP contribution in [0.1, 0.15) is 37.8 Å². The Labute approximate surface area is 129 Å². The van der Waals surface area contributed by atoms with E-state index >= 15 is 0 Å². The lowest BCUT2D eigenvalue weighted by Gasteiger charge is -2.34. The van der Waals surface area contributed by atoms with Crippen molar-refractivity contribution >= 4 is 0 Å². The molecule has 2 unspecified atom stereocenters. The van der Waals surface area contributed by atoms with Crippen LogP contribution >= 0.6 is 0 Å². The summed E-state index contributed by atoms with van der Waals surface area (Å²) < 4.78 is 5.56. The fourth-order valence-corrected chi connectivity index (χ4v) is 3.13. The van der Waals surface area contributed by atoms with Gasteiger partial charge in [0.2, 0.25) is 0 Å². The molecule has 1 heterocycles. The number of nitrogens with zero attached hydrogens (tertiary/aromatic N) is 1. The minimum absolute atomic E-state index is 0.563. The van der Waals surface area contributed by atoms with Crippen LogP contribution in [-0.4, -0.2) is 37.7 Å². The Morgan fingerprint density at radius 3 is 2.81 bits per heavy atom. The average Bonchev–Trinajstić information content (AvgIpc) is 2.51. The molecule has 0 amide bonds. The topological polar surface area (TPSA) is 24.5 Å². The van der Waals surface area contributed by atoms with Crippen LogP contribution in [0.4, 0.5) is 0 Å². The van der Waals surface area contributed by atoms with Gasteiger partial charge in [0.1, 0.15) is 0 Å². The molecule has 1 N–H and O–H groups in total. The molecule has 118 valence electrons. The number of benzene rings is 1. The van der Waals surface area contributed by atoms with Crippen molar-refractivity contribution in [1.82, 2.24) is 10.2 Å². The largest absolute Gasteiger partial charge is 0.377 e. The molecule has 0 bridgehead atoms. The molecule has 2 rings (SSSR count). The van der Waals surface area contributed by atoms with Crippen LogP contribution in [-0.2, 0) is 17.9 Å². The predicted octanol–water partition coefficient (Wildman–Crippen LogP) is 3.04. The van der Waals surface area contributed by atoms with Gasteiger partial charge >= 0.3 is 0 Å². The van der Waals surface area contributed by atoms with E-state index in [1.165, 1.54) is 37.1 Å². The second-order valence-electron chi connectivity index (χ2n) is 6.24. The first-order valence-corrected chi connectivity index (χ1v) is 8.27. The zero-order valence-electron chi connectivity index (χ0n) is 13.8. The van der Waals surface area contributed by atoms with E-state index in [4.69, 9.17) is 4.74 Å². The number of rotatable bonds is 7. The highest BCUT2D eigenvalue weighted by atomic mass is 16.5. The van der Waals surface area contributed by atoms with Crippen LogP contribution in [0, 0.1) is 5.92 Å². The SMILES string of the molecule is CCOCc1ccccc1CNC(C)C1CCCN(C)C1. The van der Waals surface area contributed by atoms with E-state index < -0.39 is 0 Å². The molecule has 2 atom stereocenters. The minimum atomic E-state index is 0.563. The molecule has 3 nitrogen and oxygen atoms in total. The number of ether oxygens (including phenoxy) is 1. The van der Waals surface area contributed by atoms with Crippen molar-refractivity contribution < 1.29 is 4.74 Å². The van der Waals surface area contributed by atoms with E-state index in [-0.39, 0.29) is 0 Å². The van der Waals surface area contributed by atoms with E-state index in [2.05, 4.69) is 48.5 Å². The highest BCUT2D eigenvalue weighted by Gasteiger charge is 2.22. The number of piperidine rings is 1. The van der Waals surface area contributed by atoms with Crippen LogP contribution in [0.3, 0.4) is 0 Å². The molecular weight excluding hydrogens is 260 g/mol. The Hall–Kier alpha value is -0.900. The van der Waals surface area contributed by atoms with Crippen molar-refractivity contribution in [2.75, 3.05) is 26.7 Å². The number of hydrogen-bond donors (Lipinski definition) is 1. The Balaban J connectivity index is 1.87. The normalized spacial score (nSPS) is 21.4. The summed E-state index contributed by atoms with van der Waals surface area (Å²) in [5.74, 6) is 0.766. The molecule has 1 fully saturated rings. The van der Waals surface area contributed by atoms with Crippen LogP contribution in [0.15, 0.2) is 24.3 Å². The Morgan fingerprint density at radius 1 is 1.33 bits per heavy atom. The molecule has 0 saturated carbocycles. The van der Waals surface area contributed by atoms with Gasteiger partial charge in [0.25, 0.3) is 0 Å². The van der Waals surface area contributed by atoms with Gasteiger partial charge in [0, 0.05) is 25.7 Å². The van der Waals surface area contributed by atoms with Gasteiger partial charge in [-0.15, -0.1) is 0 Å². The molecule has 1 aromatic carbocycles. The standard InChI is InChI=1S/C18H30N2O/c1-4-21-14-18-9-6-5-8-16(18)12-19-15(2)17-10-7-11-20(3)13-17/h5-6,8-9,15,17,19H,4,7,10-14H2,1-3H3. The van der Waals surface area contributed by atoms with E-state index in [0.717, 1.165) is 25.7 Å². The van der Waals surface area contributed by atoms with Gasteiger partial charge in [-0.05, 0) is 57.3 Å². The molecule has 1 aliphatic heterocycles. The molecule has 0 aliphatic carbocycles. The summed E-state index contributed by atoms with van der Waals surface area (Å²) in [6, 6.07) is 9.16. The molecule has 0 aromatic heterocycles. The van der Waals surface area contributed by atoms with Crippen LogP contribution in [0.2, 0.25) is 0 Å². The lowest BCUT2D eigenvalue weighted by molar-refractivity contribution is 0.133. The van der Waals surface area contributed by atoms with Gasteiger partial charge in [0.15, 0.2) is 0 Å². The maximum atomic E-state index is 5.56. The van der Waals surface area contributed by atoms with Gasteiger partial charge in [0.05, 0.1) is 6.61 Å². The highest BCUT2D eigenvalue weighted by Crippen LogP contribution is 2.19. The number of nitrogens with one attached hydrogen (secondary N) is 1. The maximum absolute atomic E-state index is 5.56. The molecule has 0 spiro atoms. The van der Waals surface area contributed by atoms with Crippen LogP contribution < -0.4 is 5.32 Å². The van der Waals surface area contributed by atoms with E-state index in [1.54, 1.807) is 0 Å². The summed E-state index contributed by atoms with van der Waals surface area (Å²) in [4.78, 5) is 2.45. The van der Waals surface area contributed by atoms with E-state index in [1.807, 2.05) is 6.92 Å². The Bertz CT molecular complexity index is 421. The zero-order valence-corrected chi connectivity index (χ0v) is 13.8. The average molecular weight is 290 g/mol. The van der Waals surface area contributed by atoms with Gasteiger partial charge in [-0.2, -0.15) is 0 Å².